The van der Waals surface area contributed by atoms with Crippen LogP contribution in [0.25, 0.3) is 11.1 Å². The fourth-order valence-corrected chi connectivity index (χ4v) is 7.84. The van der Waals surface area contributed by atoms with Gasteiger partial charge in [-0.1, -0.05) is 12.1 Å². The van der Waals surface area contributed by atoms with E-state index >= 15 is 0 Å². The fourth-order valence-electron chi connectivity index (χ4n) is 7.84. The lowest BCUT2D eigenvalue weighted by Crippen LogP contribution is -2.52. The third-order valence-electron chi connectivity index (χ3n) is 10.4. The topological polar surface area (TPSA) is 87.1 Å². The molecule has 3 fully saturated rings. The van der Waals surface area contributed by atoms with Crippen molar-refractivity contribution in [3.05, 3.63) is 71.8 Å². The molecule has 49 heavy (non-hydrogen) atoms. The van der Waals surface area contributed by atoms with Crippen LogP contribution >= 0.6 is 0 Å². The number of piperazine rings is 1. The molecule has 4 aliphatic rings. The van der Waals surface area contributed by atoms with E-state index < -0.39 is 17.7 Å². The summed E-state index contributed by atoms with van der Waals surface area (Å²) in [6.07, 6.45) is 10.1. The Hall–Kier alpha value is -4.33. The van der Waals surface area contributed by atoms with Gasteiger partial charge in [-0.15, -0.1) is 0 Å². The van der Waals surface area contributed by atoms with E-state index in [0.717, 1.165) is 93.6 Å². The molecule has 2 aromatic heterocycles. The van der Waals surface area contributed by atoms with Crippen LogP contribution in [-0.4, -0.2) is 95.1 Å². The number of hydrogen-bond acceptors (Lipinski definition) is 10. The second-order valence-corrected chi connectivity index (χ2v) is 13.5. The summed E-state index contributed by atoms with van der Waals surface area (Å²) >= 11 is 0. The Balaban J connectivity index is 1.11. The number of hydrogen-bond donors (Lipinski definition) is 1. The van der Waals surface area contributed by atoms with Gasteiger partial charge in [0, 0.05) is 93.3 Å². The van der Waals surface area contributed by atoms with Gasteiger partial charge in [0.05, 0.1) is 36.8 Å². The Kier molecular flexibility index (Phi) is 8.81. The predicted octanol–water partition coefficient (Wildman–Crippen LogP) is 5.32. The van der Waals surface area contributed by atoms with Crippen LogP contribution in [0.4, 0.5) is 31.8 Å². The van der Waals surface area contributed by atoms with E-state index in [-0.39, 0.29) is 5.56 Å². The monoisotopic (exact) mass is 671 g/mol. The number of nitrogens with zero attached hydrogens (tertiary/aromatic N) is 8. The van der Waals surface area contributed by atoms with E-state index in [1.54, 1.807) is 17.2 Å². The molecule has 3 saturated heterocycles. The number of fused-ring (bicyclic) bond motifs is 1. The van der Waals surface area contributed by atoms with Crippen molar-refractivity contribution in [3.63, 3.8) is 0 Å². The van der Waals surface area contributed by atoms with Crippen molar-refractivity contribution in [1.82, 2.24) is 29.5 Å². The zero-order valence-corrected chi connectivity index (χ0v) is 28.1. The fraction of sp³-hybridized carbons (Fsp3) is 0.472. The average Bonchev–Trinajstić information content (AvgIpc) is 3.80. The van der Waals surface area contributed by atoms with Crippen molar-refractivity contribution in [1.29, 1.82) is 0 Å². The van der Waals surface area contributed by atoms with Crippen molar-refractivity contribution in [2.75, 3.05) is 74.8 Å². The summed E-state index contributed by atoms with van der Waals surface area (Å²) in [7, 11) is 4.15. The number of ether oxygens (including phenoxy) is 1. The number of aryl methyl sites for hydroxylation is 1. The number of benzene rings is 2. The van der Waals surface area contributed by atoms with E-state index in [1.807, 2.05) is 17.9 Å². The first-order valence-corrected chi connectivity index (χ1v) is 17.4. The molecular formula is C36H43F2N9O2. The van der Waals surface area contributed by atoms with Gasteiger partial charge in [0.15, 0.2) is 17.5 Å². The van der Waals surface area contributed by atoms with Crippen LogP contribution in [0.3, 0.4) is 0 Å². The third-order valence-corrected chi connectivity index (χ3v) is 10.4. The molecule has 0 spiro atoms. The van der Waals surface area contributed by atoms with Crippen molar-refractivity contribution >= 4 is 23.0 Å². The molecule has 13 heteroatoms. The number of nitrogens with one attached hydrogen (secondary N) is 1. The highest BCUT2D eigenvalue weighted by Crippen LogP contribution is 2.48. The highest BCUT2D eigenvalue weighted by Gasteiger charge is 2.34. The predicted molar refractivity (Wildman–Crippen MR) is 184 cm³/mol. The molecule has 8 rings (SSSR count). The van der Waals surface area contributed by atoms with Crippen molar-refractivity contribution in [2.45, 2.75) is 44.2 Å². The Morgan fingerprint density at radius 3 is 2.57 bits per heavy atom. The Morgan fingerprint density at radius 2 is 1.78 bits per heavy atom. The maximum atomic E-state index is 14.8. The van der Waals surface area contributed by atoms with Crippen LogP contribution in [0.5, 0.6) is 5.75 Å². The summed E-state index contributed by atoms with van der Waals surface area (Å²) in [6.45, 7) is 7.52. The minimum Gasteiger partial charge on any atom is -0.491 e. The van der Waals surface area contributed by atoms with E-state index in [9.17, 15) is 8.78 Å². The zero-order valence-electron chi connectivity index (χ0n) is 28.1. The van der Waals surface area contributed by atoms with Crippen LogP contribution in [0.2, 0.25) is 0 Å². The molecule has 1 N–H and O–H groups in total. The quantitative estimate of drug-likeness (QED) is 0.279. The van der Waals surface area contributed by atoms with E-state index in [0.29, 0.717) is 37.3 Å². The number of rotatable bonds is 7. The van der Waals surface area contributed by atoms with Crippen LogP contribution in [-0.2, 0) is 18.3 Å². The molecule has 4 aliphatic heterocycles. The summed E-state index contributed by atoms with van der Waals surface area (Å²) in [5, 5.41) is 9.60. The van der Waals surface area contributed by atoms with Crippen LogP contribution in [0.15, 0.2) is 49.1 Å². The maximum absolute atomic E-state index is 14.8. The van der Waals surface area contributed by atoms with E-state index in [2.05, 4.69) is 54.4 Å². The van der Waals surface area contributed by atoms with E-state index in [4.69, 9.17) is 9.57 Å². The van der Waals surface area contributed by atoms with E-state index in [1.165, 1.54) is 23.6 Å². The van der Waals surface area contributed by atoms with Gasteiger partial charge in [0.25, 0.3) is 0 Å². The summed E-state index contributed by atoms with van der Waals surface area (Å²) < 4.78 is 37.2. The molecule has 0 radical (unpaired) electrons. The second kappa shape index (κ2) is 13.5. The number of halogens is 2. The lowest BCUT2D eigenvalue weighted by molar-refractivity contribution is 0.0982. The Labute approximate surface area is 285 Å². The molecule has 4 aromatic rings. The molecule has 258 valence electrons. The molecule has 0 saturated carbocycles. The van der Waals surface area contributed by atoms with Crippen LogP contribution < -0.4 is 20.0 Å². The Morgan fingerprint density at radius 1 is 0.939 bits per heavy atom. The number of likely N-dealkylation sites (N-methyl/N-ethyl adjacent to an activating group) is 1. The SMILES string of the molecule is CN1CCN(C2CCN(c3c(-c4cnn(C)c4)cc(Nc4cc(N5OCC[C@@H]5c5cccc(F)c5F)ncn4)c4c3CCCO4)CC2)CC1. The first-order valence-electron chi connectivity index (χ1n) is 17.4. The molecular weight excluding hydrogens is 628 g/mol. The van der Waals surface area contributed by atoms with Crippen molar-refractivity contribution < 1.29 is 18.4 Å². The largest absolute Gasteiger partial charge is 0.491 e. The Bertz CT molecular complexity index is 1800. The maximum Gasteiger partial charge on any atom is 0.164 e. The lowest BCUT2D eigenvalue weighted by Gasteiger charge is -2.43. The molecule has 0 unspecified atom stereocenters. The van der Waals surface area contributed by atoms with Crippen LogP contribution in [0, 0.1) is 11.6 Å². The number of anilines is 4. The standard InChI is InChI=1S/C36H43F2N9O2/c1-43-13-15-45(16-14-43)25-8-11-46(12-9-25)35-27-6-4-17-48-36(27)30(19-28(35)24-21-41-44(2)22-24)42-32-20-33(40-23-39-32)47-31(10-18-49-47)26-5-3-7-29(37)34(26)38/h3,5,7,19-23,25,31H,4,6,8-18H2,1-2H3,(H,39,40,42)/t31-/m1/s1. The summed E-state index contributed by atoms with van der Waals surface area (Å²) in [5.41, 5.74) is 5.63. The van der Waals surface area contributed by atoms with Gasteiger partial charge < -0.3 is 19.9 Å². The minimum absolute atomic E-state index is 0.234. The summed E-state index contributed by atoms with van der Waals surface area (Å²) in [4.78, 5) is 22.5. The first kappa shape index (κ1) is 31.9. The molecule has 2 aromatic carbocycles. The van der Waals surface area contributed by atoms with Gasteiger partial charge in [-0.25, -0.2) is 23.8 Å². The first-order chi connectivity index (χ1) is 23.9. The molecule has 1 atom stereocenters. The van der Waals surface area contributed by atoms with Gasteiger partial charge in [0.2, 0.25) is 0 Å². The van der Waals surface area contributed by atoms with Gasteiger partial charge in [-0.2, -0.15) is 5.10 Å². The van der Waals surface area contributed by atoms with Crippen LogP contribution in [0.1, 0.15) is 42.9 Å². The molecule has 6 heterocycles. The van der Waals surface area contributed by atoms with Gasteiger partial charge in [0.1, 0.15) is 17.9 Å². The minimum atomic E-state index is -0.883. The number of aromatic nitrogens is 4. The number of hydroxylamine groups is 1. The molecule has 0 aliphatic carbocycles. The summed E-state index contributed by atoms with van der Waals surface area (Å²) in [6, 6.07) is 8.24. The zero-order chi connectivity index (χ0) is 33.5. The molecule has 0 amide bonds. The highest BCUT2D eigenvalue weighted by molar-refractivity contribution is 5.89. The summed E-state index contributed by atoms with van der Waals surface area (Å²) in [5.74, 6) is 0.0727. The smallest absolute Gasteiger partial charge is 0.164 e. The number of piperidine rings is 1. The molecule has 0 bridgehead atoms. The average molecular weight is 672 g/mol. The third kappa shape index (κ3) is 6.30. The van der Waals surface area contributed by atoms with Crippen molar-refractivity contribution in [3.8, 4) is 16.9 Å². The van der Waals surface area contributed by atoms with Gasteiger partial charge >= 0.3 is 0 Å². The van der Waals surface area contributed by atoms with Crippen molar-refractivity contribution in [2.24, 2.45) is 7.05 Å². The normalized spacial score (nSPS) is 20.8. The lowest BCUT2D eigenvalue weighted by atomic mass is 9.92. The van der Waals surface area contributed by atoms with Gasteiger partial charge in [-0.3, -0.25) is 14.4 Å². The second-order valence-electron chi connectivity index (χ2n) is 13.5. The van der Waals surface area contributed by atoms with Gasteiger partial charge in [-0.05, 0) is 44.9 Å². The molecule has 11 nitrogen and oxygen atoms in total. The highest BCUT2D eigenvalue weighted by atomic mass is 19.2.